The lowest BCUT2D eigenvalue weighted by Gasteiger charge is -2.24. The first kappa shape index (κ1) is 21.2. The van der Waals surface area contributed by atoms with Crippen LogP contribution in [0.5, 0.6) is 0 Å². The van der Waals surface area contributed by atoms with Crippen molar-refractivity contribution in [1.29, 1.82) is 0 Å². The quantitative estimate of drug-likeness (QED) is 0.564. The van der Waals surface area contributed by atoms with Gasteiger partial charge < -0.3 is 19.7 Å². The summed E-state index contributed by atoms with van der Waals surface area (Å²) in [6.45, 7) is 5.95. The number of amides is 2. The fourth-order valence-electron chi connectivity index (χ4n) is 5.79. The van der Waals surface area contributed by atoms with Crippen molar-refractivity contribution in [2.24, 2.45) is 11.8 Å². The Morgan fingerprint density at radius 3 is 2.56 bits per heavy atom. The van der Waals surface area contributed by atoms with Crippen molar-refractivity contribution in [2.75, 3.05) is 11.4 Å². The molecule has 5 rings (SSSR count). The van der Waals surface area contributed by atoms with Gasteiger partial charge in [-0.2, -0.15) is 0 Å². The molecular weight excluding hydrogens is 408 g/mol. The molecule has 2 amide bonds. The van der Waals surface area contributed by atoms with Crippen molar-refractivity contribution >= 4 is 23.5 Å². The van der Waals surface area contributed by atoms with E-state index in [1.54, 1.807) is 11.8 Å². The zero-order valence-electron chi connectivity index (χ0n) is 18.8. The first-order chi connectivity index (χ1) is 15.3. The number of fused-ring (bicyclic) bond motifs is 1. The van der Waals surface area contributed by atoms with Crippen molar-refractivity contribution in [3.63, 3.8) is 0 Å². The molecule has 170 valence electrons. The fourth-order valence-corrected chi connectivity index (χ4v) is 5.79. The summed E-state index contributed by atoms with van der Waals surface area (Å²) in [5, 5.41) is 2.96. The normalized spacial score (nSPS) is 31.8. The second-order valence-corrected chi connectivity index (χ2v) is 9.74. The van der Waals surface area contributed by atoms with Crippen molar-refractivity contribution in [2.45, 2.75) is 70.3 Å². The Hall–Kier alpha value is -2.67. The first-order valence-electron chi connectivity index (χ1n) is 11.6. The largest absolute Gasteiger partial charge is 0.452 e. The average molecular weight is 439 g/mol. The van der Waals surface area contributed by atoms with E-state index in [4.69, 9.17) is 9.47 Å². The molecule has 0 aromatic heterocycles. The van der Waals surface area contributed by atoms with Crippen LogP contribution in [0, 0.1) is 25.7 Å². The minimum absolute atomic E-state index is 0.133. The van der Waals surface area contributed by atoms with Gasteiger partial charge in [-0.1, -0.05) is 31.1 Å². The van der Waals surface area contributed by atoms with Gasteiger partial charge in [0.15, 0.2) is 6.10 Å². The van der Waals surface area contributed by atoms with Gasteiger partial charge in [-0.3, -0.25) is 14.4 Å². The predicted molar refractivity (Wildman–Crippen MR) is 118 cm³/mol. The summed E-state index contributed by atoms with van der Waals surface area (Å²) in [4.78, 5) is 40.8. The molecule has 0 radical (unpaired) electrons. The Kier molecular flexibility index (Phi) is 5.12. The summed E-state index contributed by atoms with van der Waals surface area (Å²) >= 11 is 0. The lowest BCUT2D eigenvalue weighted by Crippen LogP contribution is -2.44. The van der Waals surface area contributed by atoms with Gasteiger partial charge in [0.1, 0.15) is 11.5 Å². The molecule has 0 unspecified atom stereocenters. The highest BCUT2D eigenvalue weighted by Gasteiger charge is 2.67. The smallest absolute Gasteiger partial charge is 0.313 e. The van der Waals surface area contributed by atoms with Crippen LogP contribution in [0.25, 0.3) is 0 Å². The zero-order chi connectivity index (χ0) is 22.6. The Balaban J connectivity index is 1.32. The van der Waals surface area contributed by atoms with Gasteiger partial charge in [0.2, 0.25) is 5.91 Å². The zero-order valence-corrected chi connectivity index (χ0v) is 18.8. The molecule has 1 aromatic carbocycles. The lowest BCUT2D eigenvalue weighted by atomic mass is 9.77. The van der Waals surface area contributed by atoms with E-state index in [0.717, 1.165) is 42.5 Å². The third kappa shape index (κ3) is 3.43. The van der Waals surface area contributed by atoms with Gasteiger partial charge >= 0.3 is 5.97 Å². The maximum atomic E-state index is 13.5. The molecule has 2 bridgehead atoms. The number of anilines is 1. The standard InChI is InChI=1S/C25H30N2O5/c1-14-10-15(2)12-18(11-14)27-13-25-9-8-19(32-25)20(21(25)23(27)29)24(30)31-16(3)22(28)26-17-6-4-5-7-17/h8-12,16-17,19-21H,4-7,13H2,1-3H3,(H,26,28)/t16-,19+,20-,21+,25-/m0/s1. The van der Waals surface area contributed by atoms with Gasteiger partial charge in [-0.15, -0.1) is 0 Å². The van der Waals surface area contributed by atoms with Crippen LogP contribution in [0.4, 0.5) is 5.69 Å². The topological polar surface area (TPSA) is 84.9 Å². The van der Waals surface area contributed by atoms with E-state index in [1.165, 1.54) is 0 Å². The van der Waals surface area contributed by atoms with E-state index >= 15 is 0 Å². The highest BCUT2D eigenvalue weighted by molar-refractivity contribution is 6.03. The summed E-state index contributed by atoms with van der Waals surface area (Å²) in [5.74, 6) is -2.35. The lowest BCUT2D eigenvalue weighted by molar-refractivity contribution is -0.161. The molecule has 2 saturated heterocycles. The summed E-state index contributed by atoms with van der Waals surface area (Å²) in [6.07, 6.45) is 6.50. The minimum Gasteiger partial charge on any atom is -0.452 e. The molecule has 5 atom stereocenters. The van der Waals surface area contributed by atoms with Crippen LogP contribution in [0.1, 0.15) is 43.7 Å². The number of benzene rings is 1. The van der Waals surface area contributed by atoms with Crippen LogP contribution >= 0.6 is 0 Å². The number of esters is 1. The number of hydrogen-bond acceptors (Lipinski definition) is 5. The van der Waals surface area contributed by atoms with Gasteiger partial charge in [0.05, 0.1) is 18.6 Å². The number of aryl methyl sites for hydroxylation is 2. The van der Waals surface area contributed by atoms with Gasteiger partial charge in [-0.25, -0.2) is 0 Å². The first-order valence-corrected chi connectivity index (χ1v) is 11.6. The molecule has 3 aliphatic heterocycles. The predicted octanol–water partition coefficient (Wildman–Crippen LogP) is 2.58. The van der Waals surface area contributed by atoms with E-state index < -0.39 is 35.6 Å². The van der Waals surface area contributed by atoms with Crippen molar-refractivity contribution in [1.82, 2.24) is 5.32 Å². The molecular formula is C25H30N2O5. The molecule has 32 heavy (non-hydrogen) atoms. The number of rotatable bonds is 5. The third-order valence-corrected chi connectivity index (χ3v) is 7.25. The average Bonchev–Trinajstić information content (AvgIpc) is 3.49. The van der Waals surface area contributed by atoms with Gasteiger partial charge in [0.25, 0.3) is 5.91 Å². The van der Waals surface area contributed by atoms with E-state index in [9.17, 15) is 14.4 Å². The van der Waals surface area contributed by atoms with Crippen molar-refractivity contribution in [3.05, 3.63) is 41.5 Å². The van der Waals surface area contributed by atoms with Gasteiger partial charge in [-0.05, 0) is 56.9 Å². The highest BCUT2D eigenvalue weighted by Crippen LogP contribution is 2.53. The maximum Gasteiger partial charge on any atom is 0.313 e. The molecule has 3 heterocycles. The van der Waals surface area contributed by atoms with E-state index in [0.29, 0.717) is 6.54 Å². The summed E-state index contributed by atoms with van der Waals surface area (Å²) in [7, 11) is 0. The van der Waals surface area contributed by atoms with Crippen LogP contribution < -0.4 is 10.2 Å². The monoisotopic (exact) mass is 438 g/mol. The highest BCUT2D eigenvalue weighted by atomic mass is 16.6. The number of carbonyl (C=O) groups excluding carboxylic acids is 3. The Morgan fingerprint density at radius 1 is 1.19 bits per heavy atom. The number of hydrogen-bond donors (Lipinski definition) is 1. The third-order valence-electron chi connectivity index (χ3n) is 7.25. The van der Waals surface area contributed by atoms with E-state index in [2.05, 4.69) is 11.4 Å². The Bertz CT molecular complexity index is 978. The molecule has 1 N–H and O–H groups in total. The number of nitrogens with one attached hydrogen (secondary N) is 1. The SMILES string of the molecule is Cc1cc(C)cc(N2C[C@]34C=C[C@@H](O3)[C@H](C(=O)O[C@@H](C)C(=O)NC3CCCC3)[C@@H]4C2=O)c1. The molecule has 1 aromatic rings. The Labute approximate surface area is 188 Å². The van der Waals surface area contributed by atoms with Crippen LogP contribution in [0.15, 0.2) is 30.4 Å². The number of ether oxygens (including phenoxy) is 2. The molecule has 3 fully saturated rings. The minimum atomic E-state index is -0.908. The molecule has 1 saturated carbocycles. The van der Waals surface area contributed by atoms with Crippen molar-refractivity contribution in [3.8, 4) is 0 Å². The summed E-state index contributed by atoms with van der Waals surface area (Å²) in [6, 6.07) is 6.16. The van der Waals surface area contributed by atoms with Crippen LogP contribution in [0.3, 0.4) is 0 Å². The summed E-state index contributed by atoms with van der Waals surface area (Å²) in [5.41, 5.74) is 2.13. The van der Waals surface area contributed by atoms with Gasteiger partial charge in [0, 0.05) is 11.7 Å². The molecule has 7 nitrogen and oxygen atoms in total. The van der Waals surface area contributed by atoms with Crippen LogP contribution in [-0.4, -0.2) is 48.2 Å². The second-order valence-electron chi connectivity index (χ2n) is 9.74. The molecule has 4 aliphatic rings. The van der Waals surface area contributed by atoms with E-state index in [1.807, 2.05) is 38.1 Å². The molecule has 1 spiro atoms. The fraction of sp³-hybridized carbons (Fsp3) is 0.560. The van der Waals surface area contributed by atoms with Crippen LogP contribution in [0.2, 0.25) is 0 Å². The second kappa shape index (κ2) is 7.73. The Morgan fingerprint density at radius 2 is 1.88 bits per heavy atom. The maximum absolute atomic E-state index is 13.5. The molecule has 7 heteroatoms. The van der Waals surface area contributed by atoms with Crippen LogP contribution in [-0.2, 0) is 23.9 Å². The van der Waals surface area contributed by atoms with Crippen molar-refractivity contribution < 1.29 is 23.9 Å². The summed E-state index contributed by atoms with van der Waals surface area (Å²) < 4.78 is 11.7. The molecule has 1 aliphatic carbocycles. The number of carbonyl (C=O) groups is 3. The number of nitrogens with zero attached hydrogens (tertiary/aromatic N) is 1. The van der Waals surface area contributed by atoms with E-state index in [-0.39, 0.29) is 17.9 Å².